The number of halogens is 1. The Morgan fingerprint density at radius 2 is 1.82 bits per heavy atom. The van der Waals surface area contributed by atoms with E-state index in [-0.39, 0.29) is 16.1 Å². The lowest BCUT2D eigenvalue weighted by Gasteiger charge is -2.17. The molecule has 0 amide bonds. The Morgan fingerprint density at radius 1 is 1.18 bits per heavy atom. The molecule has 0 saturated carbocycles. The molecule has 3 rings (SSSR count). The molecule has 0 radical (unpaired) electrons. The Labute approximate surface area is 167 Å². The number of allylic oxidation sites excluding steroid dienone is 1. The number of benzene rings is 2. The van der Waals surface area contributed by atoms with Gasteiger partial charge in [0.05, 0.1) is 9.82 Å². The van der Waals surface area contributed by atoms with E-state index in [0.717, 1.165) is 32.0 Å². The van der Waals surface area contributed by atoms with Gasteiger partial charge < -0.3 is 4.90 Å². The molecule has 0 N–H and O–H groups in total. The van der Waals surface area contributed by atoms with Gasteiger partial charge in [0.25, 0.3) is 5.69 Å². The number of anilines is 1. The number of nitrogens with zero attached hydrogens (tertiary/aromatic N) is 3. The lowest BCUT2D eigenvalue weighted by molar-refractivity contribution is -0.384. The van der Waals surface area contributed by atoms with Crippen LogP contribution in [0.5, 0.6) is 0 Å². The Kier molecular flexibility index (Phi) is 5.68. The van der Waals surface area contributed by atoms with Crippen molar-refractivity contribution in [2.75, 3.05) is 18.0 Å². The van der Waals surface area contributed by atoms with E-state index in [4.69, 9.17) is 11.6 Å². The van der Waals surface area contributed by atoms with Gasteiger partial charge in [-0.3, -0.25) is 10.1 Å². The Balaban J connectivity index is 2.03. The second-order valence-electron chi connectivity index (χ2n) is 6.28. The smallest absolute Gasteiger partial charge is 0.293 e. The van der Waals surface area contributed by atoms with Gasteiger partial charge >= 0.3 is 0 Å². The van der Waals surface area contributed by atoms with Crippen LogP contribution in [0.25, 0.3) is 6.08 Å². The highest BCUT2D eigenvalue weighted by Crippen LogP contribution is 2.33. The number of sulfone groups is 1. The third-order valence-electron chi connectivity index (χ3n) is 4.46. The highest BCUT2D eigenvalue weighted by molar-refractivity contribution is 7.95. The van der Waals surface area contributed by atoms with Crippen molar-refractivity contribution in [3.05, 3.63) is 68.1 Å². The fourth-order valence-corrected chi connectivity index (χ4v) is 4.35. The zero-order chi connectivity index (χ0) is 20.3. The average molecular weight is 418 g/mol. The van der Waals surface area contributed by atoms with E-state index in [9.17, 15) is 23.8 Å². The number of nitro benzene ring substituents is 1. The number of nitro groups is 1. The Bertz CT molecular complexity index is 1080. The fraction of sp³-hybridized carbons (Fsp3) is 0.211. The highest BCUT2D eigenvalue weighted by atomic mass is 35.5. The van der Waals surface area contributed by atoms with Crippen LogP contribution in [0, 0.1) is 21.4 Å². The monoisotopic (exact) mass is 417 g/mol. The normalized spacial score (nSPS) is 14.7. The zero-order valence-corrected chi connectivity index (χ0v) is 16.3. The Hall–Kier alpha value is -2.89. The van der Waals surface area contributed by atoms with E-state index in [1.165, 1.54) is 30.3 Å². The molecular weight excluding hydrogens is 402 g/mol. The van der Waals surface area contributed by atoms with E-state index < -0.39 is 19.7 Å². The van der Waals surface area contributed by atoms with Crippen molar-refractivity contribution in [1.82, 2.24) is 0 Å². The predicted molar refractivity (Wildman–Crippen MR) is 107 cm³/mol. The minimum atomic E-state index is -4.06. The van der Waals surface area contributed by atoms with E-state index >= 15 is 0 Å². The zero-order valence-electron chi connectivity index (χ0n) is 14.7. The summed E-state index contributed by atoms with van der Waals surface area (Å²) in [6, 6.07) is 11.6. The van der Waals surface area contributed by atoms with Gasteiger partial charge in [0, 0.05) is 24.2 Å². The van der Waals surface area contributed by atoms with Crippen LogP contribution in [-0.2, 0) is 9.84 Å². The van der Waals surface area contributed by atoms with Gasteiger partial charge in [0.15, 0.2) is 0 Å². The standard InChI is InChI=1S/C19H16ClN3O4S/c20-15-4-6-16(7-5-15)28(26,27)17(13-21)11-14-3-8-18(19(12-14)23(24)25)22-9-1-2-10-22/h3-8,11-12H,1-2,9-10H2. The maximum absolute atomic E-state index is 12.7. The van der Waals surface area contributed by atoms with Crippen LogP contribution < -0.4 is 4.90 Å². The van der Waals surface area contributed by atoms with Gasteiger partial charge in [-0.15, -0.1) is 0 Å². The second kappa shape index (κ2) is 8.00. The van der Waals surface area contributed by atoms with Crippen LogP contribution in [0.15, 0.2) is 52.3 Å². The molecule has 1 aliphatic rings. The van der Waals surface area contributed by atoms with Gasteiger partial charge in [-0.2, -0.15) is 5.26 Å². The van der Waals surface area contributed by atoms with Crippen LogP contribution in [0.1, 0.15) is 18.4 Å². The molecular formula is C19H16ClN3O4S. The van der Waals surface area contributed by atoms with Gasteiger partial charge in [0.1, 0.15) is 16.7 Å². The van der Waals surface area contributed by atoms with Crippen molar-refractivity contribution < 1.29 is 13.3 Å². The maximum atomic E-state index is 12.7. The molecule has 1 saturated heterocycles. The molecule has 1 heterocycles. The van der Waals surface area contributed by atoms with Crippen LogP contribution in [-0.4, -0.2) is 26.4 Å². The molecule has 0 bridgehead atoms. The molecule has 0 spiro atoms. The van der Waals surface area contributed by atoms with Crippen LogP contribution in [0.2, 0.25) is 5.02 Å². The third-order valence-corrected chi connectivity index (χ3v) is 6.40. The minimum absolute atomic E-state index is 0.0760. The molecule has 0 aliphatic carbocycles. The topological polar surface area (TPSA) is 104 Å². The molecule has 7 nitrogen and oxygen atoms in total. The van der Waals surface area contributed by atoms with Gasteiger partial charge in [-0.25, -0.2) is 8.42 Å². The molecule has 0 unspecified atom stereocenters. The summed E-state index contributed by atoms with van der Waals surface area (Å²) in [6.45, 7) is 1.48. The summed E-state index contributed by atoms with van der Waals surface area (Å²) in [5, 5.41) is 21.2. The van der Waals surface area contributed by atoms with E-state index in [0.29, 0.717) is 10.7 Å². The number of hydrogen-bond acceptors (Lipinski definition) is 6. The summed E-state index contributed by atoms with van der Waals surface area (Å²) >= 11 is 5.78. The van der Waals surface area contributed by atoms with Crippen LogP contribution >= 0.6 is 11.6 Å². The molecule has 144 valence electrons. The number of nitriles is 1. The largest absolute Gasteiger partial charge is 0.366 e. The Morgan fingerprint density at radius 3 is 2.39 bits per heavy atom. The summed E-state index contributed by atoms with van der Waals surface area (Å²) < 4.78 is 25.4. The van der Waals surface area contributed by atoms with Crippen molar-refractivity contribution in [3.63, 3.8) is 0 Å². The summed E-state index contributed by atoms with van der Waals surface area (Å²) in [5.74, 6) is 0. The van der Waals surface area contributed by atoms with Crippen LogP contribution in [0.4, 0.5) is 11.4 Å². The van der Waals surface area contributed by atoms with Crippen molar-refractivity contribution in [3.8, 4) is 6.07 Å². The molecule has 2 aromatic carbocycles. The summed E-state index contributed by atoms with van der Waals surface area (Å²) in [4.78, 5) is 12.4. The molecule has 2 aromatic rings. The molecule has 9 heteroatoms. The van der Waals surface area contributed by atoms with Crippen LogP contribution in [0.3, 0.4) is 0 Å². The SMILES string of the molecule is N#CC(=Cc1ccc(N2CCCC2)c([N+](=O)[O-])c1)S(=O)(=O)c1ccc(Cl)cc1. The predicted octanol–water partition coefficient (Wildman–Crippen LogP) is 4.19. The molecule has 0 atom stereocenters. The van der Waals surface area contributed by atoms with Crippen molar-refractivity contribution in [2.24, 2.45) is 0 Å². The van der Waals surface area contributed by atoms with Gasteiger partial charge in [-0.1, -0.05) is 17.7 Å². The first-order valence-electron chi connectivity index (χ1n) is 8.49. The van der Waals surface area contributed by atoms with Crippen molar-refractivity contribution in [1.29, 1.82) is 5.26 Å². The summed E-state index contributed by atoms with van der Waals surface area (Å²) in [5.41, 5.74) is 0.652. The van der Waals surface area contributed by atoms with Gasteiger partial charge in [-0.05, 0) is 54.8 Å². The molecule has 28 heavy (non-hydrogen) atoms. The second-order valence-corrected chi connectivity index (χ2v) is 8.63. The summed E-state index contributed by atoms with van der Waals surface area (Å²) in [7, 11) is -4.06. The minimum Gasteiger partial charge on any atom is -0.366 e. The van der Waals surface area contributed by atoms with Crippen molar-refractivity contribution >= 4 is 38.9 Å². The maximum Gasteiger partial charge on any atom is 0.293 e. The average Bonchev–Trinajstić information content (AvgIpc) is 3.20. The van der Waals surface area contributed by atoms with E-state index in [1.807, 2.05) is 4.90 Å². The lowest BCUT2D eigenvalue weighted by Crippen LogP contribution is -2.18. The van der Waals surface area contributed by atoms with E-state index in [1.54, 1.807) is 18.2 Å². The number of hydrogen-bond donors (Lipinski definition) is 0. The third kappa shape index (κ3) is 4.01. The first kappa shape index (κ1) is 19.9. The van der Waals surface area contributed by atoms with Crippen molar-refractivity contribution in [2.45, 2.75) is 17.7 Å². The first-order chi connectivity index (χ1) is 13.3. The van der Waals surface area contributed by atoms with Gasteiger partial charge in [0.2, 0.25) is 9.84 Å². The first-order valence-corrected chi connectivity index (χ1v) is 10.3. The molecule has 1 fully saturated rings. The number of rotatable bonds is 5. The molecule has 0 aromatic heterocycles. The highest BCUT2D eigenvalue weighted by Gasteiger charge is 2.24. The fourth-order valence-electron chi connectivity index (χ4n) is 3.06. The lowest BCUT2D eigenvalue weighted by atomic mass is 10.1. The summed E-state index contributed by atoms with van der Waals surface area (Å²) in [6.07, 6.45) is 3.08. The quantitative estimate of drug-likeness (QED) is 0.410. The molecule has 1 aliphatic heterocycles. The van der Waals surface area contributed by atoms with E-state index in [2.05, 4.69) is 0 Å².